The number of halogens is 1. The highest BCUT2D eigenvalue weighted by molar-refractivity contribution is 7.92. The summed E-state index contributed by atoms with van der Waals surface area (Å²) in [5.41, 5.74) is 1.07. The van der Waals surface area contributed by atoms with E-state index in [0.29, 0.717) is 29.4 Å². The first-order valence-corrected chi connectivity index (χ1v) is 10.6. The van der Waals surface area contributed by atoms with Crippen molar-refractivity contribution in [3.63, 3.8) is 0 Å². The number of thiophene rings is 1. The number of nitrogens with one attached hydrogen (secondary N) is 1. The number of aromatic nitrogens is 2. The Morgan fingerprint density at radius 1 is 1.04 bits per heavy atom. The lowest BCUT2D eigenvalue weighted by atomic mass is 10.2. The summed E-state index contributed by atoms with van der Waals surface area (Å²) in [4.78, 5) is 5.48. The average molecular weight is 415 g/mol. The van der Waals surface area contributed by atoms with Gasteiger partial charge in [-0.25, -0.2) is 12.8 Å². The second-order valence-electron chi connectivity index (χ2n) is 5.90. The molecule has 0 saturated heterocycles. The van der Waals surface area contributed by atoms with Crippen molar-refractivity contribution in [1.29, 1.82) is 0 Å². The summed E-state index contributed by atoms with van der Waals surface area (Å²) in [5, 5.41) is 5.96. The molecule has 9 heteroatoms. The Hall–Kier alpha value is -3.04. The molecule has 4 rings (SSSR count). The van der Waals surface area contributed by atoms with Gasteiger partial charge in [0.15, 0.2) is 0 Å². The minimum atomic E-state index is -3.80. The van der Waals surface area contributed by atoms with Gasteiger partial charge in [-0.05, 0) is 60.0 Å². The van der Waals surface area contributed by atoms with Crippen LogP contribution >= 0.6 is 11.3 Å². The third-order valence-electron chi connectivity index (χ3n) is 3.89. The largest absolute Gasteiger partial charge is 0.339 e. The fraction of sp³-hybridized carbons (Fsp3) is 0.0526. The van der Waals surface area contributed by atoms with E-state index >= 15 is 0 Å². The van der Waals surface area contributed by atoms with E-state index in [2.05, 4.69) is 14.9 Å². The summed E-state index contributed by atoms with van der Waals surface area (Å²) in [6.45, 7) is 0. The molecular formula is C19H14FN3O3S2. The maximum atomic E-state index is 13.0. The monoisotopic (exact) mass is 415 g/mol. The highest BCUT2D eigenvalue weighted by atomic mass is 32.2. The molecule has 0 aliphatic carbocycles. The van der Waals surface area contributed by atoms with E-state index in [1.165, 1.54) is 12.1 Å². The van der Waals surface area contributed by atoms with Crippen LogP contribution in [-0.4, -0.2) is 18.6 Å². The van der Waals surface area contributed by atoms with Crippen LogP contribution in [-0.2, 0) is 16.4 Å². The highest BCUT2D eigenvalue weighted by Gasteiger charge is 2.15. The molecule has 1 N–H and O–H groups in total. The van der Waals surface area contributed by atoms with Crippen molar-refractivity contribution < 1.29 is 17.3 Å². The van der Waals surface area contributed by atoms with Gasteiger partial charge < -0.3 is 4.52 Å². The highest BCUT2D eigenvalue weighted by Crippen LogP contribution is 2.22. The van der Waals surface area contributed by atoms with E-state index in [4.69, 9.17) is 4.52 Å². The van der Waals surface area contributed by atoms with Gasteiger partial charge in [0.05, 0.1) is 11.3 Å². The van der Waals surface area contributed by atoms with Crippen molar-refractivity contribution in [1.82, 2.24) is 10.1 Å². The van der Waals surface area contributed by atoms with Gasteiger partial charge >= 0.3 is 0 Å². The summed E-state index contributed by atoms with van der Waals surface area (Å²) in [6.07, 6.45) is 0.570. The van der Waals surface area contributed by atoms with Crippen molar-refractivity contribution in [2.45, 2.75) is 11.3 Å². The predicted molar refractivity (Wildman–Crippen MR) is 104 cm³/mol. The molecule has 0 atom stereocenters. The van der Waals surface area contributed by atoms with E-state index in [1.54, 1.807) is 35.6 Å². The molecule has 0 unspecified atom stereocenters. The van der Waals surface area contributed by atoms with Crippen molar-refractivity contribution in [3.05, 3.63) is 82.6 Å². The number of benzene rings is 2. The number of hydrogen-bond donors (Lipinski definition) is 1. The van der Waals surface area contributed by atoms with Gasteiger partial charge in [0.2, 0.25) is 11.7 Å². The Bertz CT molecular complexity index is 1170. The number of nitrogens with zero attached hydrogens (tertiary/aromatic N) is 2. The van der Waals surface area contributed by atoms with Crippen LogP contribution < -0.4 is 4.72 Å². The first-order chi connectivity index (χ1) is 13.5. The minimum absolute atomic E-state index is 0.0191. The second kappa shape index (κ2) is 7.53. The smallest absolute Gasteiger partial charge is 0.261 e. The van der Waals surface area contributed by atoms with Gasteiger partial charge in [-0.3, -0.25) is 4.72 Å². The Kier molecular flexibility index (Phi) is 4.93. The third kappa shape index (κ3) is 4.10. The number of sulfonamides is 1. The Balaban J connectivity index is 1.48. The van der Waals surface area contributed by atoms with Crippen LogP contribution in [0.3, 0.4) is 0 Å². The van der Waals surface area contributed by atoms with Crippen LogP contribution in [0.4, 0.5) is 10.1 Å². The SMILES string of the molecule is O=S(=O)(Nc1ccc(-c2noc(Cc3cccs3)n2)cc1)c1ccc(F)cc1. The summed E-state index contributed by atoms with van der Waals surface area (Å²) < 4.78 is 45.4. The second-order valence-corrected chi connectivity index (χ2v) is 8.62. The van der Waals surface area contributed by atoms with Crippen LogP contribution in [0, 0.1) is 5.82 Å². The van der Waals surface area contributed by atoms with Crippen molar-refractivity contribution in [3.8, 4) is 11.4 Å². The third-order valence-corrected chi connectivity index (χ3v) is 6.17. The fourth-order valence-corrected chi connectivity index (χ4v) is 4.28. The quantitative estimate of drug-likeness (QED) is 0.507. The van der Waals surface area contributed by atoms with Crippen molar-refractivity contribution in [2.24, 2.45) is 0 Å². The molecule has 0 aliphatic heterocycles. The molecule has 2 aromatic carbocycles. The molecule has 0 aliphatic rings. The molecule has 0 bridgehead atoms. The topological polar surface area (TPSA) is 85.1 Å². The van der Waals surface area contributed by atoms with Crippen LogP contribution in [0.1, 0.15) is 10.8 Å². The van der Waals surface area contributed by atoms with Crippen LogP contribution in [0.2, 0.25) is 0 Å². The number of hydrogen-bond acceptors (Lipinski definition) is 6. The lowest BCUT2D eigenvalue weighted by Gasteiger charge is -2.08. The van der Waals surface area contributed by atoms with Gasteiger partial charge in [0, 0.05) is 16.1 Å². The van der Waals surface area contributed by atoms with E-state index in [0.717, 1.165) is 17.0 Å². The standard InChI is InChI=1S/C19H14FN3O3S2/c20-14-5-9-17(10-6-14)28(24,25)23-15-7-3-13(4-8-15)19-21-18(26-22-19)12-16-2-1-11-27-16/h1-11,23H,12H2. The molecule has 0 saturated carbocycles. The zero-order valence-corrected chi connectivity index (χ0v) is 16.0. The molecule has 0 spiro atoms. The summed E-state index contributed by atoms with van der Waals surface area (Å²) in [5.74, 6) is 0.444. The molecule has 0 fully saturated rings. The first kappa shape index (κ1) is 18.3. The van der Waals surface area contributed by atoms with Gasteiger partial charge in [0.1, 0.15) is 5.82 Å². The van der Waals surface area contributed by atoms with E-state index in [-0.39, 0.29) is 4.90 Å². The van der Waals surface area contributed by atoms with Crippen LogP contribution in [0.25, 0.3) is 11.4 Å². The van der Waals surface area contributed by atoms with Gasteiger partial charge in [0.25, 0.3) is 10.0 Å². The lowest BCUT2D eigenvalue weighted by Crippen LogP contribution is -2.12. The van der Waals surface area contributed by atoms with E-state index in [1.807, 2.05) is 17.5 Å². The van der Waals surface area contributed by atoms with Crippen LogP contribution in [0.15, 0.2) is 75.5 Å². The minimum Gasteiger partial charge on any atom is -0.339 e. The van der Waals surface area contributed by atoms with Crippen LogP contribution in [0.5, 0.6) is 0 Å². The molecule has 28 heavy (non-hydrogen) atoms. The Morgan fingerprint density at radius 2 is 1.79 bits per heavy atom. The van der Waals surface area contributed by atoms with E-state index in [9.17, 15) is 12.8 Å². The number of rotatable bonds is 6. The van der Waals surface area contributed by atoms with E-state index < -0.39 is 15.8 Å². The van der Waals surface area contributed by atoms with Gasteiger partial charge in [-0.15, -0.1) is 11.3 Å². The van der Waals surface area contributed by atoms with Crippen molar-refractivity contribution >= 4 is 27.0 Å². The van der Waals surface area contributed by atoms with Crippen molar-refractivity contribution in [2.75, 3.05) is 4.72 Å². The normalized spacial score (nSPS) is 11.5. The molecule has 142 valence electrons. The maximum absolute atomic E-state index is 13.0. The predicted octanol–water partition coefficient (Wildman–Crippen LogP) is 4.33. The Morgan fingerprint density at radius 3 is 2.46 bits per heavy atom. The summed E-state index contributed by atoms with van der Waals surface area (Å²) in [6, 6.07) is 15.2. The molecule has 2 heterocycles. The summed E-state index contributed by atoms with van der Waals surface area (Å²) in [7, 11) is -3.80. The lowest BCUT2D eigenvalue weighted by molar-refractivity contribution is 0.386. The molecule has 0 amide bonds. The Labute approximate surface area is 164 Å². The van der Waals surface area contributed by atoms with Gasteiger partial charge in [-0.1, -0.05) is 11.2 Å². The number of anilines is 1. The average Bonchev–Trinajstić information content (AvgIpc) is 3.35. The first-order valence-electron chi connectivity index (χ1n) is 8.23. The summed E-state index contributed by atoms with van der Waals surface area (Å²) >= 11 is 1.62. The molecule has 4 aromatic rings. The zero-order chi connectivity index (χ0) is 19.6. The maximum Gasteiger partial charge on any atom is 0.261 e. The molecule has 6 nitrogen and oxygen atoms in total. The zero-order valence-electron chi connectivity index (χ0n) is 14.4. The molecular weight excluding hydrogens is 401 g/mol. The molecule has 0 radical (unpaired) electrons. The molecule has 2 aromatic heterocycles. The van der Waals surface area contributed by atoms with Gasteiger partial charge in [-0.2, -0.15) is 4.98 Å². The fourth-order valence-electron chi connectivity index (χ4n) is 2.52.